The highest BCUT2D eigenvalue weighted by atomic mass is 32.1. The highest BCUT2D eigenvalue weighted by Crippen LogP contribution is 2.36. The summed E-state index contributed by atoms with van der Waals surface area (Å²) in [6, 6.07) is 4.19. The third kappa shape index (κ3) is 2.18. The Morgan fingerprint density at radius 3 is 2.57 bits per heavy atom. The number of thiophene rings is 1. The number of aliphatic hydroxyl groups excluding tert-OH is 1. The van der Waals surface area contributed by atoms with Gasteiger partial charge in [-0.2, -0.15) is 0 Å². The van der Waals surface area contributed by atoms with Gasteiger partial charge in [0, 0.05) is 9.75 Å². The minimum absolute atomic E-state index is 0.200. The van der Waals surface area contributed by atoms with Crippen molar-refractivity contribution >= 4 is 11.3 Å². The van der Waals surface area contributed by atoms with E-state index in [4.69, 9.17) is 0 Å². The number of rotatable bonds is 2. The molecule has 0 spiro atoms. The first-order valence-corrected chi connectivity index (χ1v) is 6.33. The van der Waals surface area contributed by atoms with Gasteiger partial charge < -0.3 is 5.11 Å². The molecular formula is C12H18OS. The van der Waals surface area contributed by atoms with E-state index in [-0.39, 0.29) is 6.10 Å². The van der Waals surface area contributed by atoms with E-state index in [9.17, 15) is 5.11 Å². The van der Waals surface area contributed by atoms with Crippen molar-refractivity contribution in [2.45, 2.75) is 45.1 Å². The second-order valence-corrected chi connectivity index (χ2v) is 5.61. The molecule has 0 aromatic carbocycles. The van der Waals surface area contributed by atoms with Crippen molar-refractivity contribution in [3.05, 3.63) is 21.9 Å². The summed E-state index contributed by atoms with van der Waals surface area (Å²) in [4.78, 5) is 2.46. The third-order valence-corrected chi connectivity index (χ3v) is 4.22. The summed E-state index contributed by atoms with van der Waals surface area (Å²) in [5.74, 6) is 0.516. The Bertz CT molecular complexity index is 286. The highest BCUT2D eigenvalue weighted by molar-refractivity contribution is 7.12. The predicted octanol–water partition coefficient (Wildman–Crippen LogP) is 3.67. The summed E-state index contributed by atoms with van der Waals surface area (Å²) in [7, 11) is 0. The second kappa shape index (κ2) is 4.45. The molecule has 1 aromatic rings. The summed E-state index contributed by atoms with van der Waals surface area (Å²) in [5.41, 5.74) is 0. The van der Waals surface area contributed by atoms with E-state index in [1.165, 1.54) is 37.0 Å². The molecule has 14 heavy (non-hydrogen) atoms. The SMILES string of the molecule is Cc1ccc(C(O)C2CCCCC2)s1. The maximum atomic E-state index is 10.2. The maximum Gasteiger partial charge on any atom is 0.0910 e. The van der Waals surface area contributed by atoms with Gasteiger partial charge in [0.2, 0.25) is 0 Å². The molecule has 1 fully saturated rings. The molecule has 1 saturated carbocycles. The van der Waals surface area contributed by atoms with Crippen LogP contribution in [0.25, 0.3) is 0 Å². The van der Waals surface area contributed by atoms with Crippen molar-refractivity contribution in [1.29, 1.82) is 0 Å². The van der Waals surface area contributed by atoms with Crippen LogP contribution in [0.5, 0.6) is 0 Å². The van der Waals surface area contributed by atoms with E-state index in [0.717, 1.165) is 4.88 Å². The molecule has 78 valence electrons. The lowest BCUT2D eigenvalue weighted by Gasteiger charge is -2.25. The van der Waals surface area contributed by atoms with Gasteiger partial charge in [-0.25, -0.2) is 0 Å². The van der Waals surface area contributed by atoms with E-state index in [1.54, 1.807) is 11.3 Å². The minimum atomic E-state index is -0.200. The molecule has 0 amide bonds. The first kappa shape index (κ1) is 10.2. The third-order valence-electron chi connectivity index (χ3n) is 3.15. The highest BCUT2D eigenvalue weighted by Gasteiger charge is 2.23. The van der Waals surface area contributed by atoms with Gasteiger partial charge in [0.05, 0.1) is 6.10 Å². The van der Waals surface area contributed by atoms with Crippen molar-refractivity contribution in [2.75, 3.05) is 0 Å². The zero-order valence-corrected chi connectivity index (χ0v) is 9.52. The zero-order chi connectivity index (χ0) is 9.97. The number of aliphatic hydroxyl groups is 1. The van der Waals surface area contributed by atoms with Crippen molar-refractivity contribution in [3.8, 4) is 0 Å². The summed E-state index contributed by atoms with van der Waals surface area (Å²) in [5, 5.41) is 10.2. The van der Waals surface area contributed by atoms with Crippen LogP contribution in [-0.4, -0.2) is 5.11 Å². The van der Waals surface area contributed by atoms with Crippen LogP contribution in [0.4, 0.5) is 0 Å². The van der Waals surface area contributed by atoms with Crippen molar-refractivity contribution < 1.29 is 5.11 Å². The Hall–Kier alpha value is -0.340. The van der Waals surface area contributed by atoms with Crippen LogP contribution in [-0.2, 0) is 0 Å². The van der Waals surface area contributed by atoms with Gasteiger partial charge in [-0.1, -0.05) is 19.3 Å². The maximum absolute atomic E-state index is 10.2. The lowest BCUT2D eigenvalue weighted by atomic mass is 9.85. The van der Waals surface area contributed by atoms with Gasteiger partial charge in [-0.3, -0.25) is 0 Å². The van der Waals surface area contributed by atoms with Gasteiger partial charge >= 0.3 is 0 Å². The normalized spacial score (nSPS) is 21.0. The molecule has 1 unspecified atom stereocenters. The lowest BCUT2D eigenvalue weighted by molar-refractivity contribution is 0.0879. The van der Waals surface area contributed by atoms with Gasteiger partial charge in [0.15, 0.2) is 0 Å². The molecule has 1 nitrogen and oxygen atoms in total. The molecule has 0 saturated heterocycles. The van der Waals surface area contributed by atoms with Crippen LogP contribution in [0.2, 0.25) is 0 Å². The fourth-order valence-electron chi connectivity index (χ4n) is 2.29. The van der Waals surface area contributed by atoms with Gasteiger partial charge in [0.25, 0.3) is 0 Å². The van der Waals surface area contributed by atoms with E-state index in [2.05, 4.69) is 19.1 Å². The van der Waals surface area contributed by atoms with Gasteiger partial charge in [-0.15, -0.1) is 11.3 Å². The standard InChI is InChI=1S/C12H18OS/c1-9-7-8-11(14-9)12(13)10-5-3-2-4-6-10/h7-8,10,12-13H,2-6H2,1H3. The molecule has 2 rings (SSSR count). The van der Waals surface area contributed by atoms with Crippen molar-refractivity contribution in [1.82, 2.24) is 0 Å². The topological polar surface area (TPSA) is 20.2 Å². The van der Waals surface area contributed by atoms with Crippen molar-refractivity contribution in [3.63, 3.8) is 0 Å². The van der Waals surface area contributed by atoms with Crippen LogP contribution in [0.1, 0.15) is 48.0 Å². The van der Waals surface area contributed by atoms with Crippen molar-refractivity contribution in [2.24, 2.45) is 5.92 Å². The monoisotopic (exact) mass is 210 g/mol. The Balaban J connectivity index is 2.03. The molecule has 1 aromatic heterocycles. The molecule has 1 atom stereocenters. The Kier molecular flexibility index (Phi) is 3.24. The molecule has 1 N–H and O–H groups in total. The fourth-order valence-corrected chi connectivity index (χ4v) is 3.25. The molecule has 2 heteroatoms. The Morgan fingerprint density at radius 2 is 2.00 bits per heavy atom. The van der Waals surface area contributed by atoms with E-state index in [1.807, 2.05) is 0 Å². The molecule has 1 heterocycles. The van der Waals surface area contributed by atoms with E-state index >= 15 is 0 Å². The summed E-state index contributed by atoms with van der Waals surface area (Å²) < 4.78 is 0. The molecular weight excluding hydrogens is 192 g/mol. The first-order valence-electron chi connectivity index (χ1n) is 5.52. The summed E-state index contributed by atoms with van der Waals surface area (Å²) in [6.07, 6.45) is 6.16. The zero-order valence-electron chi connectivity index (χ0n) is 8.70. The smallest absolute Gasteiger partial charge is 0.0910 e. The molecule has 0 bridgehead atoms. The average molecular weight is 210 g/mol. The Labute approximate surface area is 89.8 Å². The predicted molar refractivity (Wildman–Crippen MR) is 60.6 cm³/mol. The van der Waals surface area contributed by atoms with Crippen LogP contribution in [0, 0.1) is 12.8 Å². The molecule has 0 radical (unpaired) electrons. The largest absolute Gasteiger partial charge is 0.387 e. The number of aryl methyl sites for hydroxylation is 1. The molecule has 1 aliphatic rings. The summed E-state index contributed by atoms with van der Waals surface area (Å²) >= 11 is 1.74. The second-order valence-electron chi connectivity index (χ2n) is 4.29. The van der Waals surface area contributed by atoms with E-state index in [0.29, 0.717) is 5.92 Å². The minimum Gasteiger partial charge on any atom is -0.387 e. The van der Waals surface area contributed by atoms with Crippen LogP contribution >= 0.6 is 11.3 Å². The van der Waals surface area contributed by atoms with Crippen LogP contribution < -0.4 is 0 Å². The number of hydrogen-bond donors (Lipinski definition) is 1. The molecule has 1 aliphatic carbocycles. The lowest BCUT2D eigenvalue weighted by Crippen LogP contribution is -2.14. The van der Waals surface area contributed by atoms with Gasteiger partial charge in [-0.05, 0) is 37.8 Å². The average Bonchev–Trinajstić information content (AvgIpc) is 2.65. The summed E-state index contributed by atoms with van der Waals surface area (Å²) in [6.45, 7) is 2.10. The van der Waals surface area contributed by atoms with E-state index < -0.39 is 0 Å². The van der Waals surface area contributed by atoms with Crippen LogP contribution in [0.15, 0.2) is 12.1 Å². The number of hydrogen-bond acceptors (Lipinski definition) is 2. The van der Waals surface area contributed by atoms with Gasteiger partial charge in [0.1, 0.15) is 0 Å². The first-order chi connectivity index (χ1) is 6.77. The Morgan fingerprint density at radius 1 is 1.29 bits per heavy atom. The van der Waals surface area contributed by atoms with Crippen LogP contribution in [0.3, 0.4) is 0 Å². The molecule has 0 aliphatic heterocycles. The quantitative estimate of drug-likeness (QED) is 0.789. The fraction of sp³-hybridized carbons (Fsp3) is 0.667.